The Hall–Kier alpha value is -3.62. The fourth-order valence-electron chi connectivity index (χ4n) is 5.04. The van der Waals surface area contributed by atoms with E-state index in [4.69, 9.17) is 11.6 Å². The van der Waals surface area contributed by atoms with Crippen molar-refractivity contribution in [1.82, 2.24) is 20.3 Å². The SMILES string of the molecule is O=C(N[C@H]1C(=[N+]2C[C@@H](O)[C@@H](F)C2)Cc2cccc(Cl)c21)c1ccc(-c2ccnc3[nH]ccc23)nc1. The fourth-order valence-corrected chi connectivity index (χ4v) is 5.34. The summed E-state index contributed by atoms with van der Waals surface area (Å²) in [4.78, 5) is 25.2. The van der Waals surface area contributed by atoms with Gasteiger partial charge >= 0.3 is 0 Å². The van der Waals surface area contributed by atoms with Gasteiger partial charge in [0.15, 0.2) is 25.0 Å². The van der Waals surface area contributed by atoms with Crippen LogP contribution in [0.3, 0.4) is 0 Å². The van der Waals surface area contributed by atoms with Gasteiger partial charge in [-0.15, -0.1) is 0 Å². The number of nitrogens with zero attached hydrogens (tertiary/aromatic N) is 3. The third kappa shape index (κ3) is 3.79. The molecule has 2 aliphatic rings. The van der Waals surface area contributed by atoms with Gasteiger partial charge in [0, 0.05) is 40.1 Å². The molecule has 4 aromatic rings. The van der Waals surface area contributed by atoms with Crippen LogP contribution in [-0.2, 0) is 6.42 Å². The van der Waals surface area contributed by atoms with E-state index in [-0.39, 0.29) is 19.0 Å². The molecule has 1 aromatic carbocycles. The maximum absolute atomic E-state index is 14.1. The van der Waals surface area contributed by atoms with Gasteiger partial charge in [-0.3, -0.25) is 9.78 Å². The summed E-state index contributed by atoms with van der Waals surface area (Å²) in [6, 6.07) is 12.5. The molecular weight excluding hydrogens is 469 g/mol. The number of carbonyl (C=O) groups is 1. The predicted molar refractivity (Wildman–Crippen MR) is 131 cm³/mol. The lowest BCUT2D eigenvalue weighted by Crippen LogP contribution is -2.36. The Bertz CT molecular complexity index is 1470. The number of rotatable bonds is 3. The molecule has 4 heterocycles. The van der Waals surface area contributed by atoms with Gasteiger partial charge in [0.05, 0.1) is 17.7 Å². The Morgan fingerprint density at radius 2 is 2.06 bits per heavy atom. The number of alkyl halides is 1. The Kier molecular flexibility index (Phi) is 5.35. The number of aliphatic hydroxyl groups excluding tert-OH is 1. The van der Waals surface area contributed by atoms with Crippen LogP contribution in [-0.4, -0.2) is 61.6 Å². The molecule has 3 aromatic heterocycles. The van der Waals surface area contributed by atoms with Crippen molar-refractivity contribution in [2.45, 2.75) is 24.7 Å². The second kappa shape index (κ2) is 8.55. The first-order chi connectivity index (χ1) is 17.0. The standard InChI is InChI=1S/C26H21ClFN5O2/c27-18-3-1-2-14-10-21(33-12-19(28)22(34)13-33)24(23(14)18)32-26(35)15-4-5-20(31-11-15)16-6-8-29-25-17(16)7-9-30-25/h1-9,11,19,22,24,34H,10,12-13H2,(H-,29,30,31,32,35)/p+1/t19-,22+,24-/m0/s1. The Labute approximate surface area is 205 Å². The molecule has 3 atom stereocenters. The van der Waals surface area contributed by atoms with Gasteiger partial charge in [-0.25, -0.2) is 13.9 Å². The lowest BCUT2D eigenvalue weighted by molar-refractivity contribution is -0.514. The first-order valence-electron chi connectivity index (χ1n) is 11.4. The molecule has 0 unspecified atom stereocenters. The molecule has 1 aliphatic heterocycles. The van der Waals surface area contributed by atoms with Crippen molar-refractivity contribution in [2.24, 2.45) is 0 Å². The number of aromatic amines is 1. The number of fused-ring (bicyclic) bond motifs is 2. The molecule has 9 heteroatoms. The van der Waals surface area contributed by atoms with E-state index in [1.54, 1.807) is 30.6 Å². The first-order valence-corrected chi connectivity index (χ1v) is 11.8. The minimum Gasteiger partial charge on any atom is -0.383 e. The second-order valence-electron chi connectivity index (χ2n) is 8.91. The third-order valence-corrected chi connectivity index (χ3v) is 7.13. The minimum atomic E-state index is -1.32. The van der Waals surface area contributed by atoms with Crippen molar-refractivity contribution >= 4 is 34.3 Å². The Morgan fingerprint density at radius 3 is 2.83 bits per heavy atom. The lowest BCUT2D eigenvalue weighted by Gasteiger charge is -2.16. The lowest BCUT2D eigenvalue weighted by atomic mass is 10.1. The van der Waals surface area contributed by atoms with Crippen molar-refractivity contribution in [3.8, 4) is 11.3 Å². The molecule has 0 saturated carbocycles. The average molecular weight is 491 g/mol. The van der Waals surface area contributed by atoms with Crippen LogP contribution >= 0.6 is 11.6 Å². The maximum Gasteiger partial charge on any atom is 0.253 e. The number of aromatic nitrogens is 3. The molecule has 1 saturated heterocycles. The van der Waals surface area contributed by atoms with Gasteiger partial charge in [0.1, 0.15) is 17.8 Å². The van der Waals surface area contributed by atoms with Crippen LogP contribution in [0.4, 0.5) is 4.39 Å². The molecule has 1 aliphatic carbocycles. The summed E-state index contributed by atoms with van der Waals surface area (Å²) in [5, 5.41) is 14.5. The number of H-pyrrole nitrogens is 1. The van der Waals surface area contributed by atoms with Gasteiger partial charge in [0.25, 0.3) is 5.91 Å². The summed E-state index contributed by atoms with van der Waals surface area (Å²) in [6.07, 6.45) is 3.25. The summed E-state index contributed by atoms with van der Waals surface area (Å²) in [5.41, 5.74) is 5.45. The topological polar surface area (TPSA) is 93.9 Å². The van der Waals surface area contributed by atoms with E-state index in [1.165, 1.54) is 0 Å². The van der Waals surface area contributed by atoms with Crippen molar-refractivity contribution < 1.29 is 18.9 Å². The monoisotopic (exact) mass is 490 g/mol. The number of benzene rings is 1. The zero-order chi connectivity index (χ0) is 24.1. The van der Waals surface area contributed by atoms with Crippen LogP contribution < -0.4 is 5.32 Å². The molecule has 0 bridgehead atoms. The van der Waals surface area contributed by atoms with E-state index in [0.717, 1.165) is 39.1 Å². The second-order valence-corrected chi connectivity index (χ2v) is 9.31. The number of hydrogen-bond acceptors (Lipinski definition) is 4. The van der Waals surface area contributed by atoms with Crippen LogP contribution in [0.1, 0.15) is 27.5 Å². The zero-order valence-electron chi connectivity index (χ0n) is 18.6. The number of pyridine rings is 2. The van der Waals surface area contributed by atoms with Crippen LogP contribution in [0.5, 0.6) is 0 Å². The first kappa shape index (κ1) is 21.9. The average Bonchev–Trinajstić information content (AvgIpc) is 3.57. The van der Waals surface area contributed by atoms with Crippen molar-refractivity contribution in [1.29, 1.82) is 0 Å². The largest absolute Gasteiger partial charge is 0.383 e. The number of amides is 1. The number of aliphatic hydroxyl groups is 1. The molecule has 0 radical (unpaired) electrons. The van der Waals surface area contributed by atoms with Crippen LogP contribution in [0.25, 0.3) is 22.3 Å². The highest BCUT2D eigenvalue weighted by Gasteiger charge is 2.43. The highest BCUT2D eigenvalue weighted by molar-refractivity contribution is 6.32. The molecule has 0 spiro atoms. The molecule has 1 amide bonds. The quantitative estimate of drug-likeness (QED) is 0.383. The Balaban J connectivity index is 1.31. The van der Waals surface area contributed by atoms with Crippen LogP contribution in [0, 0.1) is 0 Å². The summed E-state index contributed by atoms with van der Waals surface area (Å²) < 4.78 is 15.9. The summed E-state index contributed by atoms with van der Waals surface area (Å²) in [6.45, 7) is 0.272. The smallest absolute Gasteiger partial charge is 0.253 e. The van der Waals surface area contributed by atoms with E-state index < -0.39 is 18.3 Å². The van der Waals surface area contributed by atoms with Gasteiger partial charge in [-0.05, 0) is 35.9 Å². The summed E-state index contributed by atoms with van der Waals surface area (Å²) >= 11 is 6.52. The van der Waals surface area contributed by atoms with Gasteiger partial charge in [0.2, 0.25) is 0 Å². The van der Waals surface area contributed by atoms with E-state index in [0.29, 0.717) is 17.0 Å². The van der Waals surface area contributed by atoms with Crippen molar-refractivity contribution in [3.63, 3.8) is 0 Å². The fraction of sp³-hybridized carbons (Fsp3) is 0.231. The predicted octanol–water partition coefficient (Wildman–Crippen LogP) is 3.47. The van der Waals surface area contributed by atoms with Gasteiger partial charge < -0.3 is 15.4 Å². The van der Waals surface area contributed by atoms with E-state index >= 15 is 0 Å². The molecule has 176 valence electrons. The van der Waals surface area contributed by atoms with Crippen LogP contribution in [0.2, 0.25) is 5.02 Å². The number of halogens is 2. The molecule has 3 N–H and O–H groups in total. The maximum atomic E-state index is 14.1. The normalized spacial score (nSPS) is 23.6. The van der Waals surface area contributed by atoms with Crippen molar-refractivity contribution in [3.05, 3.63) is 82.8 Å². The Morgan fingerprint density at radius 1 is 1.17 bits per heavy atom. The molecule has 6 rings (SSSR count). The van der Waals surface area contributed by atoms with E-state index in [2.05, 4.69) is 20.3 Å². The number of nitrogens with one attached hydrogen (secondary N) is 2. The summed E-state index contributed by atoms with van der Waals surface area (Å²) in [7, 11) is 0. The number of carbonyl (C=O) groups excluding carboxylic acids is 1. The zero-order valence-corrected chi connectivity index (χ0v) is 19.3. The molecule has 35 heavy (non-hydrogen) atoms. The molecule has 1 fully saturated rings. The molecule has 7 nitrogen and oxygen atoms in total. The minimum absolute atomic E-state index is 0.0876. The van der Waals surface area contributed by atoms with E-state index in [1.807, 2.05) is 35.0 Å². The number of hydrogen-bond donors (Lipinski definition) is 3. The third-order valence-electron chi connectivity index (χ3n) is 6.80. The van der Waals surface area contributed by atoms with Gasteiger partial charge in [-0.1, -0.05) is 23.7 Å². The van der Waals surface area contributed by atoms with E-state index in [9.17, 15) is 14.3 Å². The molecular formula is C26H22ClFN5O2+. The highest BCUT2D eigenvalue weighted by Crippen LogP contribution is 2.36. The van der Waals surface area contributed by atoms with Crippen molar-refractivity contribution in [2.75, 3.05) is 13.1 Å². The highest BCUT2D eigenvalue weighted by atomic mass is 35.5. The van der Waals surface area contributed by atoms with Crippen LogP contribution in [0.15, 0.2) is 61.1 Å². The number of β-amino-alcohol motifs (C(OH)–C–C–N with tert-alkyl or cyclic N) is 1. The summed E-state index contributed by atoms with van der Waals surface area (Å²) in [5.74, 6) is -0.308. The van der Waals surface area contributed by atoms with Gasteiger partial charge in [-0.2, -0.15) is 0 Å².